The smallest absolute Gasteiger partial charge is 0.0931 e. The number of nitrogens with zero attached hydrogens (tertiary/aromatic N) is 2. The van der Waals surface area contributed by atoms with Gasteiger partial charge in [-0.15, -0.1) is 0 Å². The summed E-state index contributed by atoms with van der Waals surface area (Å²) in [6.45, 7) is 18.1. The van der Waals surface area contributed by atoms with Crippen molar-refractivity contribution in [2.24, 2.45) is 5.92 Å². The number of hydrogen-bond donors (Lipinski definition) is 1. The van der Waals surface area contributed by atoms with Crippen LogP contribution in [0.1, 0.15) is 32.3 Å². The van der Waals surface area contributed by atoms with Gasteiger partial charge in [-0.05, 0) is 50.0 Å². The summed E-state index contributed by atoms with van der Waals surface area (Å²) in [5, 5.41) is 0. The van der Waals surface area contributed by atoms with E-state index in [0.717, 1.165) is 40.8 Å². The largest absolute Gasteiger partial charge is 0.368 e. The SMILES string of the molecule is C=C(C)C(=C)[C@H]1CCCN(C(=C)c2ccc3nc[nH]c3c2)[C@H]1C. The molecule has 1 aliphatic rings. The second kappa shape index (κ2) is 6.07. The molecule has 2 heterocycles. The van der Waals surface area contributed by atoms with Gasteiger partial charge in [0, 0.05) is 24.2 Å². The van der Waals surface area contributed by atoms with Gasteiger partial charge < -0.3 is 9.88 Å². The topological polar surface area (TPSA) is 31.9 Å². The van der Waals surface area contributed by atoms with Crippen LogP contribution in [0.5, 0.6) is 0 Å². The molecule has 120 valence electrons. The average molecular weight is 307 g/mol. The Kier molecular flexibility index (Phi) is 4.12. The van der Waals surface area contributed by atoms with Gasteiger partial charge in [-0.2, -0.15) is 0 Å². The highest BCUT2D eigenvalue weighted by Gasteiger charge is 2.30. The number of rotatable bonds is 4. The molecule has 1 aliphatic heterocycles. The number of piperidine rings is 1. The zero-order valence-corrected chi connectivity index (χ0v) is 14.1. The van der Waals surface area contributed by atoms with Crippen LogP contribution in [0, 0.1) is 5.92 Å². The normalized spacial score (nSPS) is 21.4. The molecule has 1 fully saturated rings. The number of H-pyrrole nitrogens is 1. The molecule has 0 saturated carbocycles. The molecule has 3 rings (SSSR count). The van der Waals surface area contributed by atoms with Crippen LogP contribution in [-0.2, 0) is 0 Å². The van der Waals surface area contributed by atoms with E-state index < -0.39 is 0 Å². The number of aromatic nitrogens is 2. The summed E-state index contributed by atoms with van der Waals surface area (Å²) in [5.41, 5.74) is 6.54. The van der Waals surface area contributed by atoms with Crippen LogP contribution in [0.15, 0.2) is 55.4 Å². The number of hydrogen-bond acceptors (Lipinski definition) is 2. The van der Waals surface area contributed by atoms with Gasteiger partial charge in [-0.1, -0.05) is 31.4 Å². The maximum atomic E-state index is 4.37. The van der Waals surface area contributed by atoms with Crippen molar-refractivity contribution in [1.29, 1.82) is 0 Å². The Morgan fingerprint density at radius 3 is 2.83 bits per heavy atom. The van der Waals surface area contributed by atoms with Crippen molar-refractivity contribution in [3.63, 3.8) is 0 Å². The fraction of sp³-hybridized carbons (Fsp3) is 0.350. The molecule has 1 aromatic heterocycles. The first-order valence-corrected chi connectivity index (χ1v) is 8.22. The fourth-order valence-electron chi connectivity index (χ4n) is 3.59. The molecule has 3 nitrogen and oxygen atoms in total. The Labute approximate surface area is 138 Å². The van der Waals surface area contributed by atoms with Crippen molar-refractivity contribution in [3.8, 4) is 0 Å². The highest BCUT2D eigenvalue weighted by molar-refractivity contribution is 5.79. The van der Waals surface area contributed by atoms with Gasteiger partial charge in [0.1, 0.15) is 0 Å². The molecular formula is C20H25N3. The van der Waals surface area contributed by atoms with Crippen molar-refractivity contribution in [2.75, 3.05) is 6.54 Å². The van der Waals surface area contributed by atoms with Gasteiger partial charge in [0.15, 0.2) is 0 Å². The molecule has 3 heteroatoms. The van der Waals surface area contributed by atoms with Gasteiger partial charge in [-0.3, -0.25) is 0 Å². The van der Waals surface area contributed by atoms with E-state index in [2.05, 4.69) is 60.6 Å². The summed E-state index contributed by atoms with van der Waals surface area (Å²) >= 11 is 0. The molecule has 0 radical (unpaired) electrons. The molecule has 0 spiro atoms. The Morgan fingerprint density at radius 2 is 2.09 bits per heavy atom. The minimum Gasteiger partial charge on any atom is -0.368 e. The quantitative estimate of drug-likeness (QED) is 0.825. The van der Waals surface area contributed by atoms with E-state index in [1.807, 2.05) is 6.07 Å². The van der Waals surface area contributed by atoms with Crippen LogP contribution in [0.3, 0.4) is 0 Å². The summed E-state index contributed by atoms with van der Waals surface area (Å²) in [4.78, 5) is 9.87. The second-order valence-corrected chi connectivity index (χ2v) is 6.57. The van der Waals surface area contributed by atoms with E-state index in [9.17, 15) is 0 Å². The molecule has 1 aromatic carbocycles. The minimum atomic E-state index is 0.387. The number of likely N-dealkylation sites (tertiary alicyclic amines) is 1. The zero-order valence-electron chi connectivity index (χ0n) is 14.1. The lowest BCUT2D eigenvalue weighted by Gasteiger charge is -2.43. The maximum absolute atomic E-state index is 4.37. The van der Waals surface area contributed by atoms with Crippen molar-refractivity contribution in [3.05, 3.63) is 61.0 Å². The lowest BCUT2D eigenvalue weighted by molar-refractivity contribution is 0.192. The van der Waals surface area contributed by atoms with E-state index in [-0.39, 0.29) is 0 Å². The predicted octanol–water partition coefficient (Wildman–Crippen LogP) is 4.77. The fourth-order valence-corrected chi connectivity index (χ4v) is 3.59. The highest BCUT2D eigenvalue weighted by atomic mass is 15.2. The van der Waals surface area contributed by atoms with Crippen LogP contribution < -0.4 is 0 Å². The summed E-state index contributed by atoms with van der Waals surface area (Å²) in [6, 6.07) is 6.67. The lowest BCUT2D eigenvalue weighted by Crippen LogP contribution is -2.42. The number of allylic oxidation sites excluding steroid dienone is 1. The first-order valence-electron chi connectivity index (χ1n) is 8.22. The Hall–Kier alpha value is -2.29. The van der Waals surface area contributed by atoms with Crippen LogP contribution in [0.4, 0.5) is 0 Å². The number of nitrogens with one attached hydrogen (secondary N) is 1. The molecule has 0 amide bonds. The molecule has 0 unspecified atom stereocenters. The molecular weight excluding hydrogens is 282 g/mol. The van der Waals surface area contributed by atoms with Crippen LogP contribution in [0.25, 0.3) is 16.7 Å². The minimum absolute atomic E-state index is 0.387. The lowest BCUT2D eigenvalue weighted by atomic mass is 9.82. The van der Waals surface area contributed by atoms with E-state index in [1.54, 1.807) is 6.33 Å². The number of aromatic amines is 1. The van der Waals surface area contributed by atoms with Crippen LogP contribution in [0.2, 0.25) is 0 Å². The summed E-state index contributed by atoms with van der Waals surface area (Å²) in [6.07, 6.45) is 4.07. The molecule has 2 atom stereocenters. The third-order valence-electron chi connectivity index (χ3n) is 5.08. The monoisotopic (exact) mass is 307 g/mol. The van der Waals surface area contributed by atoms with Gasteiger partial charge >= 0.3 is 0 Å². The number of benzene rings is 1. The van der Waals surface area contributed by atoms with E-state index >= 15 is 0 Å². The molecule has 0 bridgehead atoms. The molecule has 0 aliphatic carbocycles. The standard InChI is InChI=1S/C20H25N3/c1-13(2)14(3)18-7-6-10-23(16(18)5)15(4)17-8-9-19-20(11-17)22-12-21-19/h8-9,11-12,16,18H,1,3-4,6-7,10H2,2,5H3,(H,21,22)/t16-,18+/m0/s1. The zero-order chi connectivity index (χ0) is 16.6. The van der Waals surface area contributed by atoms with Gasteiger partial charge in [0.2, 0.25) is 0 Å². The first kappa shape index (κ1) is 15.6. The molecule has 1 saturated heterocycles. The number of imidazole rings is 1. The first-order chi connectivity index (χ1) is 11.0. The Morgan fingerprint density at radius 1 is 1.30 bits per heavy atom. The number of fused-ring (bicyclic) bond motifs is 1. The average Bonchev–Trinajstić information content (AvgIpc) is 3.01. The molecule has 2 aromatic rings. The maximum Gasteiger partial charge on any atom is 0.0931 e. The van der Waals surface area contributed by atoms with E-state index in [1.165, 1.54) is 12.0 Å². The van der Waals surface area contributed by atoms with Crippen LogP contribution >= 0.6 is 0 Å². The van der Waals surface area contributed by atoms with Gasteiger partial charge in [0.25, 0.3) is 0 Å². The van der Waals surface area contributed by atoms with Crippen molar-refractivity contribution in [1.82, 2.24) is 14.9 Å². The molecule has 23 heavy (non-hydrogen) atoms. The predicted molar refractivity (Wildman–Crippen MR) is 98.0 cm³/mol. The highest BCUT2D eigenvalue weighted by Crippen LogP contribution is 2.35. The second-order valence-electron chi connectivity index (χ2n) is 6.57. The Balaban J connectivity index is 1.85. The summed E-state index contributed by atoms with van der Waals surface area (Å²) < 4.78 is 0. The van der Waals surface area contributed by atoms with E-state index in [4.69, 9.17) is 0 Å². The van der Waals surface area contributed by atoms with E-state index in [0.29, 0.717) is 12.0 Å². The third-order valence-corrected chi connectivity index (χ3v) is 5.08. The van der Waals surface area contributed by atoms with Gasteiger partial charge in [0.05, 0.1) is 17.4 Å². The van der Waals surface area contributed by atoms with Crippen molar-refractivity contribution < 1.29 is 0 Å². The molecule has 1 N–H and O–H groups in total. The third kappa shape index (κ3) is 2.83. The summed E-state index contributed by atoms with van der Waals surface area (Å²) in [5.74, 6) is 0.453. The van der Waals surface area contributed by atoms with Crippen LogP contribution in [-0.4, -0.2) is 27.5 Å². The van der Waals surface area contributed by atoms with Crippen molar-refractivity contribution >= 4 is 16.7 Å². The Bertz CT molecular complexity index is 768. The van der Waals surface area contributed by atoms with Crippen molar-refractivity contribution in [2.45, 2.75) is 32.7 Å². The van der Waals surface area contributed by atoms with Gasteiger partial charge in [-0.25, -0.2) is 4.98 Å². The summed E-state index contributed by atoms with van der Waals surface area (Å²) in [7, 11) is 0.